The fourth-order valence-corrected chi connectivity index (χ4v) is 4.33. The first-order valence-corrected chi connectivity index (χ1v) is 10.9. The number of piperazine rings is 2. The topological polar surface area (TPSA) is 53.8 Å². The monoisotopic (exact) mass is 421 g/mol. The van der Waals surface area contributed by atoms with Crippen molar-refractivity contribution in [1.29, 1.82) is 5.26 Å². The molecule has 2 aromatic rings. The van der Waals surface area contributed by atoms with Gasteiger partial charge in [0.2, 0.25) is 5.91 Å². The smallest absolute Gasteiger partial charge is 0.223 e. The van der Waals surface area contributed by atoms with Crippen LogP contribution in [0.3, 0.4) is 0 Å². The Labute approximate surface area is 183 Å². The van der Waals surface area contributed by atoms with Crippen LogP contribution in [0.15, 0.2) is 48.5 Å². The minimum absolute atomic E-state index is 0.205. The van der Waals surface area contributed by atoms with E-state index in [1.165, 1.54) is 12.1 Å². The molecule has 0 aromatic heterocycles. The molecule has 0 bridgehead atoms. The first kappa shape index (κ1) is 21.1. The molecule has 31 heavy (non-hydrogen) atoms. The summed E-state index contributed by atoms with van der Waals surface area (Å²) >= 11 is 0. The summed E-state index contributed by atoms with van der Waals surface area (Å²) < 4.78 is 13.1. The fraction of sp³-hybridized carbons (Fsp3) is 0.417. The second kappa shape index (κ2) is 9.80. The van der Waals surface area contributed by atoms with Crippen LogP contribution in [0, 0.1) is 17.1 Å². The van der Waals surface area contributed by atoms with Gasteiger partial charge in [-0.3, -0.25) is 9.69 Å². The average Bonchev–Trinajstić information content (AvgIpc) is 2.83. The third-order valence-corrected chi connectivity index (χ3v) is 6.20. The van der Waals surface area contributed by atoms with Crippen molar-refractivity contribution in [2.45, 2.75) is 6.42 Å². The van der Waals surface area contributed by atoms with Crippen LogP contribution >= 0.6 is 0 Å². The lowest BCUT2D eigenvalue weighted by atomic mass is 10.1. The maximum absolute atomic E-state index is 13.1. The van der Waals surface area contributed by atoms with Crippen LogP contribution < -0.4 is 9.80 Å². The van der Waals surface area contributed by atoms with Crippen LogP contribution in [-0.2, 0) is 4.79 Å². The molecule has 7 heteroatoms. The van der Waals surface area contributed by atoms with Crippen LogP contribution in [0.1, 0.15) is 12.0 Å². The number of anilines is 2. The first-order valence-electron chi connectivity index (χ1n) is 10.9. The molecule has 0 radical (unpaired) electrons. The molecular weight excluding hydrogens is 393 g/mol. The summed E-state index contributed by atoms with van der Waals surface area (Å²) in [7, 11) is 0. The zero-order valence-corrected chi connectivity index (χ0v) is 17.7. The lowest BCUT2D eigenvalue weighted by Gasteiger charge is -2.38. The van der Waals surface area contributed by atoms with Crippen molar-refractivity contribution in [3.05, 3.63) is 59.9 Å². The third-order valence-electron chi connectivity index (χ3n) is 6.20. The van der Waals surface area contributed by atoms with Gasteiger partial charge in [-0.25, -0.2) is 4.39 Å². The normalized spacial score (nSPS) is 17.5. The van der Waals surface area contributed by atoms with Gasteiger partial charge in [-0.2, -0.15) is 5.26 Å². The zero-order valence-electron chi connectivity index (χ0n) is 17.7. The quantitative estimate of drug-likeness (QED) is 0.743. The van der Waals surface area contributed by atoms with Crippen LogP contribution in [0.5, 0.6) is 0 Å². The largest absolute Gasteiger partial charge is 0.368 e. The standard InChI is InChI=1S/C24H28FN5O/c25-21-5-7-22(8-6-21)28-15-17-30(18-16-28)24(31)9-10-27-11-13-29(14-12-27)23-4-2-1-3-20(23)19-26/h1-8H,9-18H2. The molecule has 2 fully saturated rings. The SMILES string of the molecule is N#Cc1ccccc1N1CCN(CCC(=O)N2CCN(c3ccc(F)cc3)CC2)CC1. The Morgan fingerprint density at radius 3 is 2.19 bits per heavy atom. The van der Waals surface area contributed by atoms with Crippen molar-refractivity contribution in [2.75, 3.05) is 68.7 Å². The highest BCUT2D eigenvalue weighted by Crippen LogP contribution is 2.21. The lowest BCUT2D eigenvalue weighted by Crippen LogP contribution is -2.50. The predicted octanol–water partition coefficient (Wildman–Crippen LogP) is 2.56. The summed E-state index contributed by atoms with van der Waals surface area (Å²) in [6.07, 6.45) is 0.533. The molecule has 0 saturated carbocycles. The number of hydrogen-bond donors (Lipinski definition) is 0. The van der Waals surface area contributed by atoms with Gasteiger partial charge in [-0.15, -0.1) is 0 Å². The Morgan fingerprint density at radius 1 is 0.871 bits per heavy atom. The molecule has 2 aliphatic heterocycles. The third kappa shape index (κ3) is 5.15. The number of halogens is 1. The number of nitriles is 1. The molecule has 2 aliphatic rings. The Kier molecular flexibility index (Phi) is 6.68. The minimum atomic E-state index is -0.229. The van der Waals surface area contributed by atoms with Gasteiger partial charge in [0, 0.05) is 71.0 Å². The van der Waals surface area contributed by atoms with Gasteiger partial charge in [0.05, 0.1) is 11.3 Å². The average molecular weight is 422 g/mol. The zero-order chi connectivity index (χ0) is 21.6. The molecular formula is C24H28FN5O. The van der Waals surface area contributed by atoms with Crippen LogP contribution in [0.2, 0.25) is 0 Å². The Bertz CT molecular complexity index is 926. The molecule has 6 nitrogen and oxygen atoms in total. The van der Waals surface area contributed by atoms with E-state index >= 15 is 0 Å². The van der Waals surface area contributed by atoms with Gasteiger partial charge in [-0.1, -0.05) is 12.1 Å². The van der Waals surface area contributed by atoms with Gasteiger partial charge in [0.25, 0.3) is 0 Å². The number of amides is 1. The Hall–Kier alpha value is -3.11. The van der Waals surface area contributed by atoms with Crippen molar-refractivity contribution in [2.24, 2.45) is 0 Å². The predicted molar refractivity (Wildman–Crippen MR) is 120 cm³/mol. The Morgan fingerprint density at radius 2 is 1.52 bits per heavy atom. The van der Waals surface area contributed by atoms with Gasteiger partial charge in [0.1, 0.15) is 11.9 Å². The number of benzene rings is 2. The molecule has 0 aliphatic carbocycles. The number of carbonyl (C=O) groups excluding carboxylic acids is 1. The molecule has 2 aromatic carbocycles. The van der Waals surface area contributed by atoms with E-state index in [1.807, 2.05) is 29.2 Å². The number of rotatable bonds is 5. The van der Waals surface area contributed by atoms with Gasteiger partial charge in [0.15, 0.2) is 0 Å². The van der Waals surface area contributed by atoms with E-state index in [-0.39, 0.29) is 11.7 Å². The second-order valence-corrected chi connectivity index (χ2v) is 8.05. The maximum Gasteiger partial charge on any atom is 0.223 e. The Balaban J connectivity index is 1.20. The fourth-order valence-electron chi connectivity index (χ4n) is 4.33. The van der Waals surface area contributed by atoms with Crippen molar-refractivity contribution < 1.29 is 9.18 Å². The highest BCUT2D eigenvalue weighted by Gasteiger charge is 2.23. The van der Waals surface area contributed by atoms with E-state index in [2.05, 4.69) is 20.8 Å². The van der Waals surface area contributed by atoms with Crippen molar-refractivity contribution in [3.63, 3.8) is 0 Å². The van der Waals surface area contributed by atoms with Gasteiger partial charge < -0.3 is 14.7 Å². The minimum Gasteiger partial charge on any atom is -0.368 e. The maximum atomic E-state index is 13.1. The second-order valence-electron chi connectivity index (χ2n) is 8.05. The van der Waals surface area contributed by atoms with E-state index in [9.17, 15) is 14.4 Å². The van der Waals surface area contributed by atoms with Crippen LogP contribution in [0.4, 0.5) is 15.8 Å². The molecule has 0 N–H and O–H groups in total. The molecule has 2 saturated heterocycles. The molecule has 0 spiro atoms. The van der Waals surface area contributed by atoms with Gasteiger partial charge >= 0.3 is 0 Å². The van der Waals surface area contributed by atoms with Crippen molar-refractivity contribution in [1.82, 2.24) is 9.80 Å². The molecule has 1 amide bonds. The highest BCUT2D eigenvalue weighted by atomic mass is 19.1. The number of para-hydroxylation sites is 1. The van der Waals surface area contributed by atoms with E-state index in [1.54, 1.807) is 12.1 Å². The van der Waals surface area contributed by atoms with Crippen molar-refractivity contribution >= 4 is 17.3 Å². The highest BCUT2D eigenvalue weighted by molar-refractivity contribution is 5.76. The molecule has 162 valence electrons. The van der Waals surface area contributed by atoms with E-state index < -0.39 is 0 Å². The molecule has 0 atom stereocenters. The summed E-state index contributed by atoms with van der Waals surface area (Å²) in [6, 6.07) is 16.5. The summed E-state index contributed by atoms with van der Waals surface area (Å²) in [5.74, 6) is -0.0244. The summed E-state index contributed by atoms with van der Waals surface area (Å²) in [5.41, 5.74) is 2.72. The summed E-state index contributed by atoms with van der Waals surface area (Å²) in [5, 5.41) is 9.32. The van der Waals surface area contributed by atoms with Gasteiger partial charge in [-0.05, 0) is 36.4 Å². The van der Waals surface area contributed by atoms with Crippen LogP contribution in [-0.4, -0.2) is 74.6 Å². The molecule has 2 heterocycles. The lowest BCUT2D eigenvalue weighted by molar-refractivity contribution is -0.131. The van der Waals surface area contributed by atoms with E-state index in [0.717, 1.165) is 57.2 Å². The summed E-state index contributed by atoms with van der Waals surface area (Å²) in [6.45, 7) is 7.24. The summed E-state index contributed by atoms with van der Waals surface area (Å²) in [4.78, 5) is 21.4. The number of hydrogen-bond acceptors (Lipinski definition) is 5. The first-order chi connectivity index (χ1) is 15.1. The van der Waals surface area contributed by atoms with Crippen LogP contribution in [0.25, 0.3) is 0 Å². The van der Waals surface area contributed by atoms with E-state index in [4.69, 9.17) is 0 Å². The number of nitrogens with zero attached hydrogens (tertiary/aromatic N) is 5. The van der Waals surface area contributed by atoms with E-state index in [0.29, 0.717) is 25.1 Å². The molecule has 0 unspecified atom stereocenters. The molecule has 4 rings (SSSR count). The van der Waals surface area contributed by atoms with Crippen molar-refractivity contribution in [3.8, 4) is 6.07 Å². The number of carbonyl (C=O) groups is 1.